The van der Waals surface area contributed by atoms with Gasteiger partial charge in [-0.25, -0.2) is 28.1 Å². The molecule has 0 radical (unpaired) electrons. The lowest BCUT2D eigenvalue weighted by Gasteiger charge is -2.14. The van der Waals surface area contributed by atoms with Gasteiger partial charge in [0, 0.05) is 36.2 Å². The maximum absolute atomic E-state index is 11.9. The van der Waals surface area contributed by atoms with Crippen LogP contribution in [0.2, 0.25) is 0 Å². The highest BCUT2D eigenvalue weighted by molar-refractivity contribution is 7.89. The SMILES string of the molecule is CC(C)(C)c1csc(CCNS(=O)(=O)c2ncccn2)n1. The number of hydrogen-bond acceptors (Lipinski definition) is 6. The van der Waals surface area contributed by atoms with Crippen molar-refractivity contribution in [1.82, 2.24) is 19.7 Å². The number of nitrogens with one attached hydrogen (secondary N) is 1. The van der Waals surface area contributed by atoms with E-state index < -0.39 is 10.0 Å². The maximum Gasteiger partial charge on any atom is 0.276 e. The Morgan fingerprint density at radius 3 is 2.48 bits per heavy atom. The highest BCUT2D eigenvalue weighted by atomic mass is 32.2. The quantitative estimate of drug-likeness (QED) is 0.846. The van der Waals surface area contributed by atoms with Gasteiger partial charge in [-0.3, -0.25) is 0 Å². The summed E-state index contributed by atoms with van der Waals surface area (Å²) in [7, 11) is -3.65. The first-order chi connectivity index (χ1) is 9.79. The minimum Gasteiger partial charge on any atom is -0.246 e. The zero-order valence-electron chi connectivity index (χ0n) is 12.2. The molecular weight excluding hydrogens is 308 g/mol. The van der Waals surface area contributed by atoms with Crippen molar-refractivity contribution in [2.75, 3.05) is 6.54 Å². The molecule has 114 valence electrons. The van der Waals surface area contributed by atoms with E-state index in [1.807, 2.05) is 5.38 Å². The molecule has 0 aromatic carbocycles. The minimum absolute atomic E-state index is 0.00608. The molecule has 0 saturated heterocycles. The van der Waals surface area contributed by atoms with Crippen molar-refractivity contribution in [1.29, 1.82) is 0 Å². The molecule has 2 heterocycles. The van der Waals surface area contributed by atoms with Gasteiger partial charge >= 0.3 is 0 Å². The Hall–Kier alpha value is -1.38. The van der Waals surface area contributed by atoms with Crippen LogP contribution >= 0.6 is 11.3 Å². The van der Waals surface area contributed by atoms with Crippen LogP contribution < -0.4 is 4.72 Å². The van der Waals surface area contributed by atoms with Gasteiger partial charge < -0.3 is 0 Å². The van der Waals surface area contributed by atoms with Gasteiger partial charge in [0.15, 0.2) is 0 Å². The van der Waals surface area contributed by atoms with Gasteiger partial charge in [0.05, 0.1) is 10.7 Å². The van der Waals surface area contributed by atoms with Gasteiger partial charge in [0.25, 0.3) is 15.2 Å². The molecule has 0 amide bonds. The van der Waals surface area contributed by atoms with Crippen molar-refractivity contribution in [2.45, 2.75) is 37.8 Å². The average molecular weight is 326 g/mol. The van der Waals surface area contributed by atoms with E-state index >= 15 is 0 Å². The van der Waals surface area contributed by atoms with Crippen LogP contribution in [0.3, 0.4) is 0 Å². The van der Waals surface area contributed by atoms with E-state index in [9.17, 15) is 8.42 Å². The third kappa shape index (κ3) is 4.29. The molecule has 0 atom stereocenters. The largest absolute Gasteiger partial charge is 0.276 e. The standard InChI is InChI=1S/C13H18N4O2S2/c1-13(2,3)10-9-20-11(17-10)5-8-16-21(18,19)12-14-6-4-7-15-12/h4,6-7,9,16H,5,8H2,1-3H3. The maximum atomic E-state index is 11.9. The molecule has 2 aromatic heterocycles. The molecule has 2 rings (SSSR count). The molecular formula is C13H18N4O2S2. The molecule has 0 bridgehead atoms. The van der Waals surface area contributed by atoms with Crippen LogP contribution in [-0.4, -0.2) is 29.9 Å². The summed E-state index contributed by atoms with van der Waals surface area (Å²) >= 11 is 1.55. The summed E-state index contributed by atoms with van der Waals surface area (Å²) in [4.78, 5) is 12.0. The lowest BCUT2D eigenvalue weighted by Crippen LogP contribution is -2.27. The van der Waals surface area contributed by atoms with E-state index in [4.69, 9.17) is 0 Å². The van der Waals surface area contributed by atoms with E-state index in [1.54, 1.807) is 17.4 Å². The first-order valence-electron chi connectivity index (χ1n) is 6.50. The lowest BCUT2D eigenvalue weighted by molar-refractivity contribution is 0.566. The number of hydrogen-bond donors (Lipinski definition) is 1. The normalized spacial score (nSPS) is 12.5. The Morgan fingerprint density at radius 1 is 1.24 bits per heavy atom. The van der Waals surface area contributed by atoms with Gasteiger partial charge in [-0.1, -0.05) is 20.8 Å². The molecule has 0 fully saturated rings. The van der Waals surface area contributed by atoms with Crippen molar-refractivity contribution in [3.05, 3.63) is 34.5 Å². The smallest absolute Gasteiger partial charge is 0.246 e. The Balaban J connectivity index is 1.94. The van der Waals surface area contributed by atoms with Crippen LogP contribution in [0.15, 0.2) is 29.0 Å². The van der Waals surface area contributed by atoms with Crippen LogP contribution in [0.5, 0.6) is 0 Å². The molecule has 0 aliphatic carbocycles. The van der Waals surface area contributed by atoms with Crippen LogP contribution in [0, 0.1) is 0 Å². The fraction of sp³-hybridized carbons (Fsp3) is 0.462. The van der Waals surface area contributed by atoms with Crippen LogP contribution in [0.4, 0.5) is 0 Å². The van der Waals surface area contributed by atoms with Crippen LogP contribution in [0.1, 0.15) is 31.5 Å². The Bertz CT molecular complexity index is 690. The Kier molecular flexibility index (Phi) is 4.70. The number of rotatable bonds is 5. The number of thiazole rings is 1. The number of aromatic nitrogens is 3. The van der Waals surface area contributed by atoms with Crippen molar-refractivity contribution < 1.29 is 8.42 Å². The average Bonchev–Trinajstić information content (AvgIpc) is 2.88. The monoisotopic (exact) mass is 326 g/mol. The predicted molar refractivity (Wildman–Crippen MR) is 81.7 cm³/mol. The third-order valence-corrected chi connectivity index (χ3v) is 4.92. The van der Waals surface area contributed by atoms with E-state index in [-0.39, 0.29) is 17.1 Å². The lowest BCUT2D eigenvalue weighted by atomic mass is 9.93. The molecule has 21 heavy (non-hydrogen) atoms. The van der Waals surface area contributed by atoms with Gasteiger partial charge in [-0.2, -0.15) is 0 Å². The van der Waals surface area contributed by atoms with Gasteiger partial charge in [-0.15, -0.1) is 11.3 Å². The van der Waals surface area contributed by atoms with Gasteiger partial charge in [-0.05, 0) is 6.07 Å². The number of nitrogens with zero attached hydrogens (tertiary/aromatic N) is 3. The first kappa shape index (κ1) is 16.0. The molecule has 0 unspecified atom stereocenters. The minimum atomic E-state index is -3.65. The summed E-state index contributed by atoms with van der Waals surface area (Å²) in [6.07, 6.45) is 3.35. The zero-order chi connectivity index (χ0) is 15.5. The molecule has 0 aliphatic rings. The molecule has 6 nitrogen and oxygen atoms in total. The Morgan fingerprint density at radius 2 is 1.90 bits per heavy atom. The number of sulfonamides is 1. The summed E-state index contributed by atoms with van der Waals surface area (Å²) in [5, 5.41) is 2.72. The van der Waals surface area contributed by atoms with E-state index in [2.05, 4.69) is 40.4 Å². The Labute approximate surface area is 128 Å². The highest BCUT2D eigenvalue weighted by Gasteiger charge is 2.19. The molecule has 0 spiro atoms. The van der Waals surface area contributed by atoms with Crippen molar-refractivity contribution >= 4 is 21.4 Å². The predicted octanol–water partition coefficient (Wildman–Crippen LogP) is 1.75. The summed E-state index contributed by atoms with van der Waals surface area (Å²) in [5.74, 6) is 0. The van der Waals surface area contributed by atoms with Gasteiger partial charge in [0.2, 0.25) is 0 Å². The van der Waals surface area contributed by atoms with E-state index in [1.165, 1.54) is 12.4 Å². The second kappa shape index (κ2) is 6.17. The zero-order valence-corrected chi connectivity index (χ0v) is 13.8. The third-order valence-electron chi connectivity index (χ3n) is 2.73. The first-order valence-corrected chi connectivity index (χ1v) is 8.87. The highest BCUT2D eigenvalue weighted by Crippen LogP contribution is 2.23. The molecule has 0 aliphatic heterocycles. The summed E-state index contributed by atoms with van der Waals surface area (Å²) in [6, 6.07) is 1.57. The van der Waals surface area contributed by atoms with Gasteiger partial charge in [0.1, 0.15) is 0 Å². The topological polar surface area (TPSA) is 84.8 Å². The van der Waals surface area contributed by atoms with E-state index in [0.717, 1.165) is 10.7 Å². The van der Waals surface area contributed by atoms with Crippen LogP contribution in [0.25, 0.3) is 0 Å². The second-order valence-corrected chi connectivity index (χ2v) is 8.16. The summed E-state index contributed by atoms with van der Waals surface area (Å²) in [6.45, 7) is 6.57. The fourth-order valence-corrected chi connectivity index (χ4v) is 3.48. The molecule has 8 heteroatoms. The van der Waals surface area contributed by atoms with Crippen molar-refractivity contribution in [2.24, 2.45) is 0 Å². The molecule has 0 saturated carbocycles. The second-order valence-electron chi connectivity index (χ2n) is 5.56. The molecule has 1 N–H and O–H groups in total. The fourth-order valence-electron chi connectivity index (χ4n) is 1.55. The van der Waals surface area contributed by atoms with Crippen molar-refractivity contribution in [3.63, 3.8) is 0 Å². The van der Waals surface area contributed by atoms with Crippen molar-refractivity contribution in [3.8, 4) is 0 Å². The molecule has 2 aromatic rings. The summed E-state index contributed by atoms with van der Waals surface area (Å²) < 4.78 is 26.4. The summed E-state index contributed by atoms with van der Waals surface area (Å²) in [5.41, 5.74) is 1.03. The van der Waals surface area contributed by atoms with E-state index in [0.29, 0.717) is 6.42 Å². The van der Waals surface area contributed by atoms with Crippen LogP contribution in [-0.2, 0) is 21.9 Å².